The third-order valence-corrected chi connectivity index (χ3v) is 3.38. The molecule has 0 saturated heterocycles. The second-order valence-electron chi connectivity index (χ2n) is 4.85. The lowest BCUT2D eigenvalue weighted by Gasteiger charge is -2.04. The minimum absolute atomic E-state index is 0.00863. The van der Waals surface area contributed by atoms with E-state index in [1.165, 1.54) is 17.3 Å². The van der Waals surface area contributed by atoms with Gasteiger partial charge in [-0.25, -0.2) is 23.4 Å². The van der Waals surface area contributed by atoms with Crippen LogP contribution in [0, 0.1) is 11.6 Å². The number of hydrogen-bond acceptors (Lipinski definition) is 5. The summed E-state index contributed by atoms with van der Waals surface area (Å²) in [5.41, 5.74) is 1.50. The lowest BCUT2D eigenvalue weighted by atomic mass is 10.2. The van der Waals surface area contributed by atoms with Gasteiger partial charge in [0, 0.05) is 5.56 Å². The largest absolute Gasteiger partial charge is 0.463 e. The van der Waals surface area contributed by atoms with Gasteiger partial charge in [0.15, 0.2) is 16.9 Å². The molecule has 8 heteroatoms. The fraction of sp³-hybridized carbons (Fsp3) is 0.0667. The highest BCUT2D eigenvalue weighted by Gasteiger charge is 2.16. The summed E-state index contributed by atoms with van der Waals surface area (Å²) in [6.45, 7) is 0.00863. The molecule has 0 saturated carbocycles. The molecule has 0 amide bonds. The van der Waals surface area contributed by atoms with Crippen molar-refractivity contribution in [2.24, 2.45) is 0 Å². The first-order chi connectivity index (χ1) is 11.2. The number of nitrogens with zero attached hydrogens (tertiary/aromatic N) is 5. The summed E-state index contributed by atoms with van der Waals surface area (Å²) < 4.78 is 33.8. The molecule has 0 fully saturated rings. The first-order valence-corrected chi connectivity index (χ1v) is 6.74. The molecular formula is C15H9F2N5O. The fourth-order valence-corrected chi connectivity index (χ4v) is 2.32. The summed E-state index contributed by atoms with van der Waals surface area (Å²) in [5, 5.41) is 8.00. The van der Waals surface area contributed by atoms with Crippen LogP contribution in [0.4, 0.5) is 8.78 Å². The van der Waals surface area contributed by atoms with Crippen molar-refractivity contribution in [3.63, 3.8) is 0 Å². The number of hydrogen-bond donors (Lipinski definition) is 0. The van der Waals surface area contributed by atoms with Gasteiger partial charge in [0.1, 0.15) is 23.7 Å². The molecule has 4 aromatic rings. The molecule has 0 N–H and O–H groups in total. The van der Waals surface area contributed by atoms with Crippen LogP contribution >= 0.6 is 0 Å². The summed E-state index contributed by atoms with van der Waals surface area (Å²) in [7, 11) is 0. The standard InChI is InChI=1S/C15H9F2N5O/c16-10-3-4-11(17)9(6-10)7-22-15-14(20-21-22)13(18-8-19-15)12-2-1-5-23-12/h1-6,8H,7H2. The van der Waals surface area contributed by atoms with Crippen molar-refractivity contribution in [3.05, 3.63) is 60.1 Å². The van der Waals surface area contributed by atoms with Crippen LogP contribution in [0.15, 0.2) is 47.3 Å². The molecule has 3 heterocycles. The Morgan fingerprint density at radius 1 is 1.13 bits per heavy atom. The highest BCUT2D eigenvalue weighted by molar-refractivity contribution is 5.84. The Labute approximate surface area is 128 Å². The van der Waals surface area contributed by atoms with Crippen LogP contribution in [0.5, 0.6) is 0 Å². The van der Waals surface area contributed by atoms with Gasteiger partial charge < -0.3 is 4.42 Å². The van der Waals surface area contributed by atoms with Gasteiger partial charge in [-0.15, -0.1) is 5.10 Å². The SMILES string of the molecule is Fc1ccc(F)c(Cn2nnc3c(-c4ccco4)ncnc32)c1. The maximum absolute atomic E-state index is 13.8. The van der Waals surface area contributed by atoms with Crippen LogP contribution in [0.2, 0.25) is 0 Å². The predicted molar refractivity (Wildman–Crippen MR) is 76.3 cm³/mol. The monoisotopic (exact) mass is 313 g/mol. The highest BCUT2D eigenvalue weighted by atomic mass is 19.1. The van der Waals surface area contributed by atoms with Gasteiger partial charge in [0.2, 0.25) is 0 Å². The lowest BCUT2D eigenvalue weighted by molar-refractivity contribution is 0.564. The van der Waals surface area contributed by atoms with E-state index in [0.29, 0.717) is 22.6 Å². The van der Waals surface area contributed by atoms with Crippen molar-refractivity contribution in [1.82, 2.24) is 25.0 Å². The maximum Gasteiger partial charge on any atom is 0.182 e. The van der Waals surface area contributed by atoms with Crippen LogP contribution < -0.4 is 0 Å². The molecule has 0 atom stereocenters. The molecule has 0 bridgehead atoms. The minimum atomic E-state index is -0.518. The van der Waals surface area contributed by atoms with Gasteiger partial charge in [0.05, 0.1) is 12.8 Å². The van der Waals surface area contributed by atoms with Gasteiger partial charge in [-0.05, 0) is 30.3 Å². The molecule has 6 nitrogen and oxygen atoms in total. The summed E-state index contributed by atoms with van der Waals surface area (Å²) in [6, 6.07) is 6.74. The normalized spacial score (nSPS) is 11.2. The Bertz CT molecular complexity index is 981. The Balaban J connectivity index is 1.80. The van der Waals surface area contributed by atoms with Gasteiger partial charge in [-0.3, -0.25) is 0 Å². The van der Waals surface area contributed by atoms with Crippen LogP contribution in [-0.2, 0) is 6.54 Å². The Kier molecular flexibility index (Phi) is 3.07. The highest BCUT2D eigenvalue weighted by Crippen LogP contribution is 2.24. The number of halogens is 2. The minimum Gasteiger partial charge on any atom is -0.463 e. The zero-order valence-corrected chi connectivity index (χ0v) is 11.6. The number of furan rings is 1. The first kappa shape index (κ1) is 13.5. The smallest absolute Gasteiger partial charge is 0.182 e. The molecule has 0 spiro atoms. The van der Waals surface area contributed by atoms with Gasteiger partial charge in [-0.1, -0.05) is 5.21 Å². The van der Waals surface area contributed by atoms with E-state index in [1.807, 2.05) is 0 Å². The number of fused-ring (bicyclic) bond motifs is 1. The second kappa shape index (κ2) is 5.24. The van der Waals surface area contributed by atoms with Gasteiger partial charge in [-0.2, -0.15) is 0 Å². The van der Waals surface area contributed by atoms with E-state index in [9.17, 15) is 8.78 Å². The van der Waals surface area contributed by atoms with Gasteiger partial charge in [0.25, 0.3) is 0 Å². The molecule has 0 unspecified atom stereocenters. The average molecular weight is 313 g/mol. The molecule has 1 aromatic carbocycles. The summed E-state index contributed by atoms with van der Waals surface area (Å²) in [6.07, 6.45) is 2.87. The predicted octanol–water partition coefficient (Wildman–Crippen LogP) is 2.81. The zero-order valence-electron chi connectivity index (χ0n) is 11.6. The van der Waals surface area contributed by atoms with Crippen LogP contribution in [0.3, 0.4) is 0 Å². The Morgan fingerprint density at radius 2 is 2.04 bits per heavy atom. The maximum atomic E-state index is 13.8. The number of aromatic nitrogens is 5. The van der Waals surface area contributed by atoms with E-state index in [0.717, 1.165) is 18.2 Å². The quantitative estimate of drug-likeness (QED) is 0.581. The second-order valence-corrected chi connectivity index (χ2v) is 4.85. The molecule has 0 radical (unpaired) electrons. The van der Waals surface area contributed by atoms with Crippen LogP contribution in [0.25, 0.3) is 22.6 Å². The van der Waals surface area contributed by atoms with Crippen LogP contribution in [-0.4, -0.2) is 25.0 Å². The van der Waals surface area contributed by atoms with Crippen molar-refractivity contribution < 1.29 is 13.2 Å². The Morgan fingerprint density at radius 3 is 2.87 bits per heavy atom. The average Bonchev–Trinajstić information content (AvgIpc) is 3.21. The summed E-state index contributed by atoms with van der Waals surface area (Å²) in [4.78, 5) is 8.28. The van der Waals surface area contributed by atoms with Gasteiger partial charge >= 0.3 is 0 Å². The van der Waals surface area contributed by atoms with Crippen molar-refractivity contribution in [2.45, 2.75) is 6.54 Å². The van der Waals surface area contributed by atoms with Crippen molar-refractivity contribution in [3.8, 4) is 11.5 Å². The third-order valence-electron chi connectivity index (χ3n) is 3.38. The topological polar surface area (TPSA) is 69.6 Å². The molecule has 0 aliphatic heterocycles. The summed E-state index contributed by atoms with van der Waals surface area (Å²) in [5.74, 6) is -0.506. The molecular weight excluding hydrogens is 304 g/mol. The molecule has 23 heavy (non-hydrogen) atoms. The van der Waals surface area contributed by atoms with E-state index in [4.69, 9.17) is 4.42 Å². The number of benzene rings is 1. The summed E-state index contributed by atoms with van der Waals surface area (Å²) >= 11 is 0. The van der Waals surface area contributed by atoms with Crippen molar-refractivity contribution >= 4 is 11.2 Å². The molecule has 0 aliphatic carbocycles. The molecule has 3 aromatic heterocycles. The third kappa shape index (κ3) is 2.33. The number of rotatable bonds is 3. The zero-order chi connectivity index (χ0) is 15.8. The fourth-order valence-electron chi connectivity index (χ4n) is 2.32. The van der Waals surface area contributed by atoms with E-state index in [-0.39, 0.29) is 12.1 Å². The van der Waals surface area contributed by atoms with Crippen LogP contribution in [0.1, 0.15) is 5.56 Å². The molecule has 4 rings (SSSR count). The molecule has 114 valence electrons. The van der Waals surface area contributed by atoms with E-state index >= 15 is 0 Å². The first-order valence-electron chi connectivity index (χ1n) is 6.74. The Hall–Kier alpha value is -3.16. The van der Waals surface area contributed by atoms with Crippen molar-refractivity contribution in [1.29, 1.82) is 0 Å². The lowest BCUT2D eigenvalue weighted by Crippen LogP contribution is -2.05. The van der Waals surface area contributed by atoms with E-state index in [1.54, 1.807) is 12.1 Å². The molecule has 0 aliphatic rings. The van der Waals surface area contributed by atoms with E-state index < -0.39 is 11.6 Å². The van der Waals surface area contributed by atoms with Crippen molar-refractivity contribution in [2.75, 3.05) is 0 Å². The van der Waals surface area contributed by atoms with E-state index in [2.05, 4.69) is 20.3 Å².